The molecule has 6 heteroatoms. The highest BCUT2D eigenvalue weighted by Crippen LogP contribution is 2.30. The molecule has 0 aliphatic rings. The minimum atomic E-state index is -0.282. The van der Waals surface area contributed by atoms with E-state index in [0.29, 0.717) is 23.1 Å². The van der Waals surface area contributed by atoms with Gasteiger partial charge in [-0.3, -0.25) is 4.79 Å². The first kappa shape index (κ1) is 20.3. The van der Waals surface area contributed by atoms with Crippen LogP contribution in [0.4, 0.5) is 17.2 Å². The zero-order valence-electron chi connectivity index (χ0n) is 17.4. The van der Waals surface area contributed by atoms with Crippen LogP contribution in [0.15, 0.2) is 54.6 Å². The zero-order valence-corrected chi connectivity index (χ0v) is 17.4. The molecule has 1 heterocycles. The normalized spacial score (nSPS) is 11.1. The number of hydrogen-bond acceptors (Lipinski definition) is 5. The number of para-hydroxylation sites is 3. The van der Waals surface area contributed by atoms with Crippen molar-refractivity contribution in [3.63, 3.8) is 0 Å². The number of rotatable bonds is 5. The molecule has 1 aromatic heterocycles. The molecule has 0 saturated heterocycles. The molecule has 0 fully saturated rings. The highest BCUT2D eigenvalue weighted by Gasteiger charge is 2.20. The van der Waals surface area contributed by atoms with E-state index < -0.39 is 0 Å². The molecule has 150 valence electrons. The molecule has 0 atom stereocenters. The second-order valence-electron chi connectivity index (χ2n) is 7.76. The average molecular weight is 390 g/mol. The first-order valence-corrected chi connectivity index (χ1v) is 9.44. The molecule has 0 unspecified atom stereocenters. The molecule has 0 spiro atoms. The first-order chi connectivity index (χ1) is 13.8. The van der Waals surface area contributed by atoms with Crippen molar-refractivity contribution in [1.82, 2.24) is 9.97 Å². The third-order valence-corrected chi connectivity index (χ3v) is 4.42. The minimum Gasteiger partial charge on any atom is -0.495 e. The second kappa shape index (κ2) is 8.31. The molecule has 0 radical (unpaired) electrons. The summed E-state index contributed by atoms with van der Waals surface area (Å²) in [6.45, 7) is 8.10. The fourth-order valence-corrected chi connectivity index (χ4v) is 3.07. The van der Waals surface area contributed by atoms with Crippen LogP contribution in [0.3, 0.4) is 0 Å². The number of amides is 1. The second-order valence-corrected chi connectivity index (χ2v) is 7.76. The maximum absolute atomic E-state index is 12.9. The summed E-state index contributed by atoms with van der Waals surface area (Å²) in [7, 11) is 1.61. The molecule has 3 aromatic rings. The summed E-state index contributed by atoms with van der Waals surface area (Å²) < 4.78 is 5.36. The summed E-state index contributed by atoms with van der Waals surface area (Å²) in [6.07, 6.45) is 0. The minimum absolute atomic E-state index is 0.0952. The van der Waals surface area contributed by atoms with Crippen molar-refractivity contribution < 1.29 is 9.53 Å². The smallest absolute Gasteiger partial charge is 0.274 e. The Hall–Kier alpha value is -3.41. The number of carbonyl (C=O) groups is 1. The van der Waals surface area contributed by atoms with E-state index in [-0.39, 0.29) is 11.3 Å². The number of aryl methyl sites for hydroxylation is 1. The number of anilines is 3. The molecule has 6 nitrogen and oxygen atoms in total. The van der Waals surface area contributed by atoms with Crippen molar-refractivity contribution in [2.24, 2.45) is 0 Å². The number of carbonyl (C=O) groups excluding carboxylic acids is 1. The number of methoxy groups -OCH3 is 1. The van der Waals surface area contributed by atoms with Crippen LogP contribution in [0, 0.1) is 6.92 Å². The molecule has 0 saturated carbocycles. The lowest BCUT2D eigenvalue weighted by atomic mass is 9.86. The monoisotopic (exact) mass is 390 g/mol. The lowest BCUT2D eigenvalue weighted by Gasteiger charge is -2.23. The molecule has 2 N–H and O–H groups in total. The van der Waals surface area contributed by atoms with Gasteiger partial charge in [-0.05, 0) is 36.1 Å². The van der Waals surface area contributed by atoms with Crippen LogP contribution in [0.5, 0.6) is 5.75 Å². The van der Waals surface area contributed by atoms with Gasteiger partial charge >= 0.3 is 0 Å². The molecule has 0 aliphatic carbocycles. The standard InChI is InChI=1S/C23H26N4O2/c1-15-24-19(14-21(25-15)26-18-12-8-9-13-20(18)29-5)22(28)27-17-11-7-6-10-16(17)23(2,3)4/h6-14H,1-5H3,(H,27,28)(H,24,25,26). The summed E-state index contributed by atoms with van der Waals surface area (Å²) in [5, 5.41) is 6.20. The maximum Gasteiger partial charge on any atom is 0.274 e. The van der Waals surface area contributed by atoms with Gasteiger partial charge in [0, 0.05) is 11.8 Å². The number of nitrogens with zero attached hydrogens (tertiary/aromatic N) is 2. The van der Waals surface area contributed by atoms with E-state index in [4.69, 9.17) is 4.74 Å². The topological polar surface area (TPSA) is 76.1 Å². The van der Waals surface area contributed by atoms with E-state index in [1.54, 1.807) is 20.1 Å². The molecule has 29 heavy (non-hydrogen) atoms. The highest BCUT2D eigenvalue weighted by molar-refractivity contribution is 6.03. The highest BCUT2D eigenvalue weighted by atomic mass is 16.5. The van der Waals surface area contributed by atoms with Gasteiger partial charge in [0.25, 0.3) is 5.91 Å². The Balaban J connectivity index is 1.88. The van der Waals surface area contributed by atoms with Gasteiger partial charge in [0.1, 0.15) is 23.1 Å². The van der Waals surface area contributed by atoms with Crippen LogP contribution in [0.2, 0.25) is 0 Å². The third kappa shape index (κ3) is 4.90. The Kier molecular flexibility index (Phi) is 5.82. The van der Waals surface area contributed by atoms with Crippen molar-refractivity contribution >= 4 is 23.1 Å². The fraction of sp³-hybridized carbons (Fsp3) is 0.261. The van der Waals surface area contributed by atoms with Crippen LogP contribution >= 0.6 is 0 Å². The van der Waals surface area contributed by atoms with Gasteiger partial charge in [-0.1, -0.05) is 51.1 Å². The third-order valence-electron chi connectivity index (χ3n) is 4.42. The molecule has 3 rings (SSSR count). The lowest BCUT2D eigenvalue weighted by molar-refractivity contribution is 0.102. The van der Waals surface area contributed by atoms with Crippen molar-refractivity contribution in [2.45, 2.75) is 33.1 Å². The van der Waals surface area contributed by atoms with Gasteiger partial charge in [0.15, 0.2) is 0 Å². The fourth-order valence-electron chi connectivity index (χ4n) is 3.07. The summed E-state index contributed by atoms with van der Waals surface area (Å²) in [6, 6.07) is 17.0. The number of aromatic nitrogens is 2. The molecule has 0 bridgehead atoms. The van der Waals surface area contributed by atoms with E-state index in [9.17, 15) is 4.79 Å². The van der Waals surface area contributed by atoms with Gasteiger partial charge in [-0.25, -0.2) is 9.97 Å². The summed E-state index contributed by atoms with van der Waals surface area (Å²) in [4.78, 5) is 21.6. The van der Waals surface area contributed by atoms with Gasteiger partial charge in [-0.15, -0.1) is 0 Å². The Morgan fingerprint density at radius 2 is 1.62 bits per heavy atom. The first-order valence-electron chi connectivity index (χ1n) is 9.44. The van der Waals surface area contributed by atoms with Gasteiger partial charge < -0.3 is 15.4 Å². The van der Waals surface area contributed by atoms with Gasteiger partial charge in [0.2, 0.25) is 0 Å². The molecule has 2 aromatic carbocycles. The van der Waals surface area contributed by atoms with Crippen LogP contribution in [-0.4, -0.2) is 23.0 Å². The average Bonchev–Trinajstić information content (AvgIpc) is 2.67. The number of nitrogens with one attached hydrogen (secondary N) is 2. The predicted octanol–water partition coefficient (Wildman–Crippen LogP) is 5.09. The maximum atomic E-state index is 12.9. The van der Waals surface area contributed by atoms with Crippen LogP contribution < -0.4 is 15.4 Å². The zero-order chi connectivity index (χ0) is 21.0. The van der Waals surface area contributed by atoms with Crippen molar-refractivity contribution in [1.29, 1.82) is 0 Å². The van der Waals surface area contributed by atoms with E-state index in [0.717, 1.165) is 16.9 Å². The SMILES string of the molecule is COc1ccccc1Nc1cc(C(=O)Nc2ccccc2C(C)(C)C)nc(C)n1. The number of benzene rings is 2. The summed E-state index contributed by atoms with van der Waals surface area (Å²) in [5.41, 5.74) is 2.80. The van der Waals surface area contributed by atoms with Crippen LogP contribution in [0.25, 0.3) is 0 Å². The van der Waals surface area contributed by atoms with Crippen molar-refractivity contribution in [3.05, 3.63) is 71.7 Å². The summed E-state index contributed by atoms with van der Waals surface area (Å²) in [5.74, 6) is 1.43. The quantitative estimate of drug-likeness (QED) is 0.635. The molecular weight excluding hydrogens is 364 g/mol. The van der Waals surface area contributed by atoms with Crippen molar-refractivity contribution in [2.75, 3.05) is 17.7 Å². The largest absolute Gasteiger partial charge is 0.495 e. The Labute approximate surface area is 171 Å². The van der Waals surface area contributed by atoms with Gasteiger partial charge in [0.05, 0.1) is 12.8 Å². The van der Waals surface area contributed by atoms with Crippen molar-refractivity contribution in [3.8, 4) is 5.75 Å². The predicted molar refractivity (Wildman–Crippen MR) is 116 cm³/mol. The number of hydrogen-bond donors (Lipinski definition) is 2. The number of ether oxygens (including phenoxy) is 1. The van der Waals surface area contributed by atoms with E-state index in [1.165, 1.54) is 0 Å². The lowest BCUT2D eigenvalue weighted by Crippen LogP contribution is -2.20. The Morgan fingerprint density at radius 1 is 0.966 bits per heavy atom. The van der Waals surface area contributed by atoms with Crippen LogP contribution in [-0.2, 0) is 5.41 Å². The van der Waals surface area contributed by atoms with Crippen LogP contribution in [0.1, 0.15) is 42.6 Å². The Morgan fingerprint density at radius 3 is 2.31 bits per heavy atom. The Bertz CT molecular complexity index is 1030. The van der Waals surface area contributed by atoms with E-state index in [2.05, 4.69) is 41.4 Å². The molecule has 1 amide bonds. The molecule has 0 aliphatic heterocycles. The summed E-state index contributed by atoms with van der Waals surface area (Å²) >= 11 is 0. The molecular formula is C23H26N4O2. The van der Waals surface area contributed by atoms with Gasteiger partial charge in [-0.2, -0.15) is 0 Å². The van der Waals surface area contributed by atoms with E-state index >= 15 is 0 Å². The van der Waals surface area contributed by atoms with E-state index in [1.807, 2.05) is 48.5 Å².